The maximum absolute atomic E-state index is 13.5. The minimum absolute atomic E-state index is 0.128. The van der Waals surface area contributed by atoms with Crippen molar-refractivity contribution in [2.75, 3.05) is 17.7 Å². The zero-order valence-electron chi connectivity index (χ0n) is 27.9. The molecule has 1 aromatic heterocycles. The number of rotatable bonds is 3. The Morgan fingerprint density at radius 2 is 1.40 bits per heavy atom. The summed E-state index contributed by atoms with van der Waals surface area (Å²) in [4.78, 5) is 53.1. The smallest absolute Gasteiger partial charge is 0.255 e. The number of nitrogens with one attached hydrogen (secondary N) is 4. The van der Waals surface area contributed by atoms with Crippen LogP contribution in [-0.4, -0.2) is 36.2 Å². The molecular weight excluding hydrogens is 592 g/mol. The van der Waals surface area contributed by atoms with Gasteiger partial charge in [-0.1, -0.05) is 55.5 Å². The van der Waals surface area contributed by atoms with Crippen LogP contribution in [-0.2, 0) is 9.59 Å². The van der Waals surface area contributed by atoms with Crippen LogP contribution in [0, 0.1) is 6.92 Å². The molecule has 1 aliphatic rings. The van der Waals surface area contributed by atoms with Gasteiger partial charge in [-0.05, 0) is 70.4 Å². The first-order valence-corrected chi connectivity index (χ1v) is 16.4. The van der Waals surface area contributed by atoms with Gasteiger partial charge in [-0.2, -0.15) is 0 Å². The summed E-state index contributed by atoms with van der Waals surface area (Å²) in [6.07, 6.45) is 6.08. The fourth-order valence-corrected chi connectivity index (χ4v) is 5.86. The first-order valence-electron chi connectivity index (χ1n) is 16.4. The Hall–Kier alpha value is -4.92. The number of hydrogen-bond donors (Lipinski definition) is 4. The van der Waals surface area contributed by atoms with E-state index in [0.717, 1.165) is 49.7 Å². The van der Waals surface area contributed by atoms with E-state index in [-0.39, 0.29) is 23.6 Å². The first kappa shape index (κ1) is 33.4. The Kier molecular flexibility index (Phi) is 10.1. The van der Waals surface area contributed by atoms with Gasteiger partial charge in [0.1, 0.15) is 11.3 Å². The molecule has 0 saturated heterocycles. The molecule has 2 bridgehead atoms. The molecule has 1 aliphatic heterocycles. The zero-order valence-corrected chi connectivity index (χ0v) is 27.9. The molecule has 9 nitrogen and oxygen atoms in total. The summed E-state index contributed by atoms with van der Waals surface area (Å²) in [6.45, 7) is 7.69. The van der Waals surface area contributed by atoms with Gasteiger partial charge in [0, 0.05) is 59.3 Å². The Labute approximate surface area is 275 Å². The third-order valence-electron chi connectivity index (χ3n) is 8.21. The Bertz CT molecular complexity index is 1810. The third kappa shape index (κ3) is 8.27. The van der Waals surface area contributed by atoms with Crippen molar-refractivity contribution in [2.24, 2.45) is 0 Å². The predicted molar refractivity (Wildman–Crippen MR) is 187 cm³/mol. The van der Waals surface area contributed by atoms with E-state index in [1.807, 2.05) is 58.0 Å². The van der Waals surface area contributed by atoms with Crippen LogP contribution in [0.5, 0.6) is 0 Å². The molecule has 3 aromatic carbocycles. The van der Waals surface area contributed by atoms with Crippen LogP contribution in [0.4, 0.5) is 11.4 Å². The van der Waals surface area contributed by atoms with Crippen molar-refractivity contribution in [1.29, 1.82) is 0 Å². The number of benzene rings is 3. The topological polar surface area (TPSA) is 130 Å². The van der Waals surface area contributed by atoms with E-state index < -0.39 is 5.54 Å². The van der Waals surface area contributed by atoms with E-state index in [1.54, 1.807) is 31.3 Å². The van der Waals surface area contributed by atoms with Gasteiger partial charge in [0.2, 0.25) is 11.8 Å². The summed E-state index contributed by atoms with van der Waals surface area (Å²) in [5, 5.41) is 12.4. The fraction of sp³-hybridized carbons (Fsp3) is 0.368. The summed E-state index contributed by atoms with van der Waals surface area (Å²) in [7, 11) is 1.57. The molecule has 0 fully saturated rings. The van der Waals surface area contributed by atoms with Crippen molar-refractivity contribution < 1.29 is 23.6 Å². The number of carbonyl (C=O) groups excluding carboxylic acids is 4. The van der Waals surface area contributed by atoms with Gasteiger partial charge in [0.25, 0.3) is 11.8 Å². The van der Waals surface area contributed by atoms with Gasteiger partial charge < -0.3 is 25.7 Å². The van der Waals surface area contributed by atoms with Gasteiger partial charge in [0.05, 0.1) is 11.3 Å². The van der Waals surface area contributed by atoms with Crippen LogP contribution >= 0.6 is 0 Å². The second kappa shape index (κ2) is 14.2. The molecule has 0 unspecified atom stereocenters. The van der Waals surface area contributed by atoms with E-state index in [4.69, 9.17) is 4.42 Å². The lowest BCUT2D eigenvalue weighted by Gasteiger charge is -2.21. The quantitative estimate of drug-likeness (QED) is 0.181. The highest BCUT2D eigenvalue weighted by molar-refractivity contribution is 6.13. The largest absolute Gasteiger partial charge is 0.455 e. The number of carbonyl (C=O) groups is 4. The summed E-state index contributed by atoms with van der Waals surface area (Å²) in [5.74, 6) is -0.476. The fourth-order valence-electron chi connectivity index (χ4n) is 5.86. The lowest BCUT2D eigenvalue weighted by molar-refractivity contribution is -0.117. The maximum Gasteiger partial charge on any atom is 0.255 e. The Morgan fingerprint density at radius 3 is 2.04 bits per heavy atom. The van der Waals surface area contributed by atoms with Gasteiger partial charge in [-0.25, -0.2) is 0 Å². The number of furan rings is 1. The van der Waals surface area contributed by atoms with Crippen LogP contribution in [0.1, 0.15) is 98.4 Å². The average molecular weight is 637 g/mol. The van der Waals surface area contributed by atoms with E-state index in [9.17, 15) is 19.2 Å². The normalized spacial score (nSPS) is 14.8. The molecule has 0 aliphatic carbocycles. The van der Waals surface area contributed by atoms with Crippen LogP contribution in [0.3, 0.4) is 0 Å². The average Bonchev–Trinajstić information content (AvgIpc) is 3.38. The molecule has 5 rings (SSSR count). The van der Waals surface area contributed by atoms with Crippen molar-refractivity contribution in [3.63, 3.8) is 0 Å². The summed E-state index contributed by atoms with van der Waals surface area (Å²) in [6, 6.07) is 16.5. The molecule has 2 heterocycles. The molecule has 4 aromatic rings. The van der Waals surface area contributed by atoms with Crippen molar-refractivity contribution in [3.05, 3.63) is 71.3 Å². The van der Waals surface area contributed by atoms with Crippen LogP contribution in [0.2, 0.25) is 0 Å². The maximum atomic E-state index is 13.5. The van der Waals surface area contributed by atoms with Gasteiger partial charge in [-0.15, -0.1) is 0 Å². The lowest BCUT2D eigenvalue weighted by Crippen LogP contribution is -2.40. The minimum Gasteiger partial charge on any atom is -0.455 e. The Morgan fingerprint density at radius 1 is 0.766 bits per heavy atom. The van der Waals surface area contributed by atoms with E-state index in [2.05, 4.69) is 21.3 Å². The molecule has 47 heavy (non-hydrogen) atoms. The second-order valence-corrected chi connectivity index (χ2v) is 13.4. The minimum atomic E-state index is -0.494. The number of fused-ring (bicyclic) bond motifs is 5. The van der Waals surface area contributed by atoms with Crippen molar-refractivity contribution >= 4 is 46.0 Å². The molecule has 0 spiro atoms. The highest BCUT2D eigenvalue weighted by Crippen LogP contribution is 2.41. The van der Waals surface area contributed by atoms with Crippen LogP contribution in [0.25, 0.3) is 33.4 Å². The van der Waals surface area contributed by atoms with Gasteiger partial charge in [-0.3, -0.25) is 19.2 Å². The van der Waals surface area contributed by atoms with E-state index in [0.29, 0.717) is 63.2 Å². The van der Waals surface area contributed by atoms with Gasteiger partial charge >= 0.3 is 0 Å². The summed E-state index contributed by atoms with van der Waals surface area (Å²) < 4.78 is 6.36. The lowest BCUT2D eigenvalue weighted by atomic mass is 9.96. The van der Waals surface area contributed by atoms with Crippen LogP contribution < -0.4 is 21.3 Å². The number of anilines is 2. The molecule has 0 radical (unpaired) electrons. The Balaban J connectivity index is 1.74. The van der Waals surface area contributed by atoms with Crippen molar-refractivity contribution in [2.45, 2.75) is 84.6 Å². The van der Waals surface area contributed by atoms with E-state index in [1.165, 1.54) is 0 Å². The van der Waals surface area contributed by atoms with E-state index >= 15 is 0 Å². The molecule has 246 valence electrons. The van der Waals surface area contributed by atoms with Crippen molar-refractivity contribution in [3.8, 4) is 22.5 Å². The molecule has 4 amide bonds. The van der Waals surface area contributed by atoms with Crippen LogP contribution in [0.15, 0.2) is 59.0 Å². The number of aryl methyl sites for hydroxylation is 1. The number of hydrogen-bond acceptors (Lipinski definition) is 5. The molecule has 4 N–H and O–H groups in total. The number of amides is 4. The molecule has 0 atom stereocenters. The second-order valence-electron chi connectivity index (χ2n) is 13.4. The van der Waals surface area contributed by atoms with Crippen molar-refractivity contribution in [1.82, 2.24) is 10.6 Å². The summed E-state index contributed by atoms with van der Waals surface area (Å²) >= 11 is 0. The molecule has 9 heteroatoms. The summed E-state index contributed by atoms with van der Waals surface area (Å²) in [5.41, 5.74) is 4.57. The molecular formula is C38H44N4O5. The van der Waals surface area contributed by atoms with Gasteiger partial charge in [0.15, 0.2) is 0 Å². The highest BCUT2D eigenvalue weighted by atomic mass is 16.3. The highest BCUT2D eigenvalue weighted by Gasteiger charge is 2.25. The molecule has 0 saturated carbocycles. The SMILES string of the molecule is CNC(=O)c1c(-c2ccc(C)cc2)oc2cc3c(cc12)-c1cc(cc(C(=O)NC(C)(C)C)c1)NC(=O)CCCCCCCCC(=O)N3. The monoisotopic (exact) mass is 636 g/mol. The predicted octanol–water partition coefficient (Wildman–Crippen LogP) is 7.97. The first-order chi connectivity index (χ1) is 22.4. The third-order valence-corrected chi connectivity index (χ3v) is 8.21. The standard InChI is InChI=1S/C38H44N4O5/c1-23-14-16-24(17-15-23)35-34(37(46)39-5)29-21-28-25-18-26(36(45)42-38(2,3)4)20-27(19-25)40-32(43)12-10-8-6-7-9-11-13-33(44)41-30(28)22-31(29)47-35/h14-22H,6-13H2,1-5H3,(H,39,46)(H,40,43)(H,41,44)(H,42,45). The zero-order chi connectivity index (χ0) is 33.7.